The first-order valence-electron chi connectivity index (χ1n) is 35.0. The molecule has 18 aromatic rings. The average molecular weight is 1270 g/mol. The average Bonchev–Trinajstić information content (AvgIpc) is 1.42. The lowest BCUT2D eigenvalue weighted by atomic mass is 9.64. The van der Waals surface area contributed by atoms with E-state index in [4.69, 9.17) is 0 Å². The molecule has 462 valence electrons. The van der Waals surface area contributed by atoms with Crippen LogP contribution >= 0.6 is 0 Å². The summed E-state index contributed by atoms with van der Waals surface area (Å²) < 4.78 is 0. The fraction of sp³-hybridized carbons (Fsp3) is 0.0204. The summed E-state index contributed by atoms with van der Waals surface area (Å²) in [5.74, 6) is 0. The number of anilines is 6. The monoisotopic (exact) mass is 1260 g/mol. The van der Waals surface area contributed by atoms with Crippen LogP contribution in [0.1, 0.15) is 44.5 Å². The van der Waals surface area contributed by atoms with E-state index in [-0.39, 0.29) is 0 Å². The molecular formula is C98H60N2. The van der Waals surface area contributed by atoms with E-state index in [1.807, 2.05) is 0 Å². The molecule has 2 spiro atoms. The lowest BCUT2D eigenvalue weighted by Crippen LogP contribution is -2.36. The Morgan fingerprint density at radius 2 is 0.420 bits per heavy atom. The van der Waals surface area contributed by atoms with Crippen LogP contribution in [0.3, 0.4) is 0 Å². The first-order chi connectivity index (χ1) is 49.6. The topological polar surface area (TPSA) is 6.48 Å². The van der Waals surface area contributed by atoms with Crippen LogP contribution in [0.5, 0.6) is 0 Å². The van der Waals surface area contributed by atoms with Gasteiger partial charge in [0.15, 0.2) is 0 Å². The molecule has 0 bridgehead atoms. The largest absolute Gasteiger partial charge is 0.309 e. The van der Waals surface area contributed by atoms with Crippen molar-refractivity contribution in [3.8, 4) is 55.6 Å². The molecule has 100 heavy (non-hydrogen) atoms. The molecule has 4 aliphatic rings. The molecule has 22 rings (SSSR count). The van der Waals surface area contributed by atoms with E-state index in [0.29, 0.717) is 0 Å². The second-order valence-corrected chi connectivity index (χ2v) is 27.6. The van der Waals surface area contributed by atoms with Crippen molar-refractivity contribution in [2.45, 2.75) is 10.8 Å². The Kier molecular flexibility index (Phi) is 11.5. The van der Waals surface area contributed by atoms with Crippen molar-refractivity contribution in [1.82, 2.24) is 0 Å². The van der Waals surface area contributed by atoms with Crippen LogP contribution in [0.2, 0.25) is 0 Å². The van der Waals surface area contributed by atoms with Crippen molar-refractivity contribution in [1.29, 1.82) is 0 Å². The van der Waals surface area contributed by atoms with Gasteiger partial charge in [0.1, 0.15) is 0 Å². The van der Waals surface area contributed by atoms with Crippen molar-refractivity contribution in [2.75, 3.05) is 9.80 Å². The maximum absolute atomic E-state index is 2.61. The van der Waals surface area contributed by atoms with Crippen LogP contribution in [-0.2, 0) is 10.8 Å². The van der Waals surface area contributed by atoms with Gasteiger partial charge >= 0.3 is 0 Å². The van der Waals surface area contributed by atoms with E-state index in [1.54, 1.807) is 0 Å². The number of hydrogen-bond donors (Lipinski definition) is 0. The fourth-order valence-corrected chi connectivity index (χ4v) is 19.1. The van der Waals surface area contributed by atoms with Gasteiger partial charge < -0.3 is 9.80 Å². The summed E-state index contributed by atoms with van der Waals surface area (Å²) in [5.41, 5.74) is 28.3. The van der Waals surface area contributed by atoms with E-state index >= 15 is 0 Å². The van der Waals surface area contributed by atoms with Gasteiger partial charge in [-0.15, -0.1) is 0 Å². The van der Waals surface area contributed by atoms with Crippen molar-refractivity contribution in [2.24, 2.45) is 0 Å². The van der Waals surface area contributed by atoms with E-state index in [1.165, 1.54) is 154 Å². The van der Waals surface area contributed by atoms with Gasteiger partial charge in [0.05, 0.1) is 45.0 Å². The smallest absolute Gasteiger partial charge is 0.0754 e. The summed E-state index contributed by atoms with van der Waals surface area (Å²) in [4.78, 5) is 5.22. The highest BCUT2D eigenvalue weighted by Crippen LogP contribution is 2.67. The fourth-order valence-electron chi connectivity index (χ4n) is 19.1. The van der Waals surface area contributed by atoms with Crippen molar-refractivity contribution >= 4 is 98.8 Å². The van der Waals surface area contributed by atoms with Gasteiger partial charge in [0.25, 0.3) is 0 Å². The maximum Gasteiger partial charge on any atom is 0.0754 e. The Labute approximate surface area is 579 Å². The van der Waals surface area contributed by atoms with Crippen LogP contribution in [-0.4, -0.2) is 0 Å². The van der Waals surface area contributed by atoms with E-state index in [2.05, 4.69) is 374 Å². The predicted octanol–water partition coefficient (Wildman–Crippen LogP) is 25.9. The van der Waals surface area contributed by atoms with Crippen molar-refractivity contribution < 1.29 is 0 Å². The second kappa shape index (κ2) is 20.8. The molecule has 18 aromatic carbocycles. The number of fused-ring (bicyclic) bond motifs is 24. The summed E-state index contributed by atoms with van der Waals surface area (Å²) in [6.45, 7) is 0. The van der Waals surface area contributed by atoms with Crippen LogP contribution in [0.15, 0.2) is 364 Å². The van der Waals surface area contributed by atoms with E-state index in [9.17, 15) is 0 Å². The van der Waals surface area contributed by atoms with Gasteiger partial charge in [0, 0.05) is 10.8 Å². The molecular weight excluding hydrogens is 1210 g/mol. The third-order valence-corrected chi connectivity index (χ3v) is 23.0. The Morgan fingerprint density at radius 3 is 0.780 bits per heavy atom. The summed E-state index contributed by atoms with van der Waals surface area (Å²) in [6, 6.07) is 139. The van der Waals surface area contributed by atoms with Gasteiger partial charge in [-0.2, -0.15) is 0 Å². The predicted molar refractivity (Wildman–Crippen MR) is 419 cm³/mol. The quantitative estimate of drug-likeness (QED) is 0.159. The molecule has 0 N–H and O–H groups in total. The number of hydrogen-bond acceptors (Lipinski definition) is 2. The van der Waals surface area contributed by atoms with Gasteiger partial charge in [-0.3, -0.25) is 0 Å². The molecule has 2 nitrogen and oxygen atoms in total. The van der Waals surface area contributed by atoms with Crippen LogP contribution in [0.25, 0.3) is 120 Å². The minimum Gasteiger partial charge on any atom is -0.309 e. The molecule has 0 atom stereocenters. The summed E-state index contributed by atoms with van der Waals surface area (Å²) >= 11 is 0. The summed E-state index contributed by atoms with van der Waals surface area (Å²) in [5, 5.41) is 14.3. The van der Waals surface area contributed by atoms with Crippen molar-refractivity contribution in [3.05, 3.63) is 408 Å². The van der Waals surface area contributed by atoms with E-state index < -0.39 is 10.8 Å². The minimum atomic E-state index is -0.577. The van der Waals surface area contributed by atoms with Gasteiger partial charge in [-0.05, 0) is 215 Å². The third kappa shape index (κ3) is 7.31. The molecule has 0 radical (unpaired) electrons. The normalized spacial score (nSPS) is 13.9. The second-order valence-electron chi connectivity index (χ2n) is 27.6. The SMILES string of the molecule is c1ccc2c(c1)-c1ccccc1C21c2ccccc2N(c2cccc3c(-c4c5cccc(-c6ccc7ccccc7c6)c5cc5c(-c6ccc7ccccc7c6)cccc45)c4cccc(N5c6ccccc6C6(c7ccccc7-c7ccccc76)c6ccccc65)c4cc23)c2ccccc21. The first-order valence-corrected chi connectivity index (χ1v) is 35.0. The molecule has 0 unspecified atom stereocenters. The van der Waals surface area contributed by atoms with Crippen molar-refractivity contribution in [3.63, 3.8) is 0 Å². The minimum absolute atomic E-state index is 0.577. The zero-order valence-corrected chi connectivity index (χ0v) is 54.5. The van der Waals surface area contributed by atoms with E-state index in [0.717, 1.165) is 44.9 Å². The first kappa shape index (κ1) is 55.3. The van der Waals surface area contributed by atoms with Gasteiger partial charge in [0.2, 0.25) is 0 Å². The van der Waals surface area contributed by atoms with Gasteiger partial charge in [-0.25, -0.2) is 0 Å². The highest BCUT2D eigenvalue weighted by atomic mass is 15.2. The number of benzene rings is 18. The molecule has 0 saturated heterocycles. The zero-order chi connectivity index (χ0) is 65.4. The Hall–Kier alpha value is -12.9. The lowest BCUT2D eigenvalue weighted by molar-refractivity contribution is 0.753. The third-order valence-electron chi connectivity index (χ3n) is 23.0. The molecule has 0 saturated carbocycles. The lowest BCUT2D eigenvalue weighted by Gasteiger charge is -2.45. The summed E-state index contributed by atoms with van der Waals surface area (Å²) in [7, 11) is 0. The summed E-state index contributed by atoms with van der Waals surface area (Å²) in [6.07, 6.45) is 0. The Balaban J connectivity index is 0.884. The molecule has 2 aliphatic heterocycles. The Bertz CT molecular complexity index is 6010. The van der Waals surface area contributed by atoms with Crippen LogP contribution in [0, 0.1) is 0 Å². The highest BCUT2D eigenvalue weighted by Gasteiger charge is 2.53. The highest BCUT2D eigenvalue weighted by molar-refractivity contribution is 6.29. The molecule has 0 amide bonds. The molecule has 2 heteroatoms. The zero-order valence-electron chi connectivity index (χ0n) is 54.5. The molecule has 2 aliphatic carbocycles. The van der Waals surface area contributed by atoms with Crippen LogP contribution < -0.4 is 9.80 Å². The Morgan fingerprint density at radius 1 is 0.160 bits per heavy atom. The number of para-hydroxylation sites is 4. The molecule has 2 heterocycles. The molecule has 0 aromatic heterocycles. The number of rotatable bonds is 5. The maximum atomic E-state index is 2.61. The number of nitrogens with zero attached hydrogens (tertiary/aromatic N) is 2. The van der Waals surface area contributed by atoms with Gasteiger partial charge in [-0.1, -0.05) is 303 Å². The van der Waals surface area contributed by atoms with Crippen LogP contribution in [0.4, 0.5) is 34.1 Å². The molecule has 0 fully saturated rings. The standard InChI is InChI=1S/C98H60N2/c1-3-27-63-57-65(55-53-61(63)25-1)67-33-21-35-73-77(67)59-78-68(66-56-54-62-26-2-4-28-64(62)58-66)34-22-36-74(78)95(73)96-75-37-23-51-89(99-91-47-17-13-43-85(91)97(86-44-14-18-48-92(86)99)81-39-9-5-29-69(81)70-30-6-10-40-82(70)97)79(75)60-80-76(96)38-24-52-90(80)100-93-49-19-15-45-87(93)98(88-46-16-20-50-94(88)100)83-41-11-7-31-71(83)72-32-8-12-42-84(72)98/h1-60H.